The van der Waals surface area contributed by atoms with E-state index in [1.807, 2.05) is 31.4 Å². The molecule has 118 valence electrons. The van der Waals surface area contributed by atoms with Crippen molar-refractivity contribution in [2.24, 2.45) is 5.92 Å². The zero-order chi connectivity index (χ0) is 15.9. The lowest BCUT2D eigenvalue weighted by Crippen LogP contribution is -2.41. The summed E-state index contributed by atoms with van der Waals surface area (Å²) in [6, 6.07) is 3.75. The van der Waals surface area contributed by atoms with Crippen LogP contribution in [0.25, 0.3) is 5.57 Å². The van der Waals surface area contributed by atoms with Gasteiger partial charge in [-0.2, -0.15) is 0 Å². The van der Waals surface area contributed by atoms with Gasteiger partial charge in [0.2, 0.25) is 0 Å². The first-order chi connectivity index (χ1) is 10.5. The lowest BCUT2D eigenvalue weighted by Gasteiger charge is -2.33. The number of piperidine rings is 1. The van der Waals surface area contributed by atoms with Gasteiger partial charge in [-0.25, -0.2) is 0 Å². The Hall–Kier alpha value is -1.62. The Morgan fingerprint density at radius 1 is 1.18 bits per heavy atom. The minimum Gasteiger partial charge on any atom is -0.366 e. The fraction of sp³-hybridized carbons (Fsp3) is 0.529. The van der Waals surface area contributed by atoms with Crippen LogP contribution in [0.2, 0.25) is 0 Å². The fourth-order valence-electron chi connectivity index (χ4n) is 3.17. The molecule has 2 amide bonds. The quantitative estimate of drug-likeness (QED) is 0.805. The first-order valence-electron chi connectivity index (χ1n) is 7.91. The molecule has 3 heterocycles. The van der Waals surface area contributed by atoms with Gasteiger partial charge < -0.3 is 4.90 Å². The minimum absolute atomic E-state index is 0.115. The number of hydrogen-bond donors (Lipinski definition) is 0. The molecule has 0 saturated carbocycles. The molecule has 1 saturated heterocycles. The molecule has 0 spiro atoms. The molecule has 0 bridgehead atoms. The van der Waals surface area contributed by atoms with E-state index in [9.17, 15) is 9.59 Å². The SMILES string of the molecule is CC1CCN(C2=C(c3cccs3)C(=O)N(C(C)C)C2=O)CC1. The number of carbonyl (C=O) groups excluding carboxylic acids is 2. The van der Waals surface area contributed by atoms with Crippen LogP contribution in [0, 0.1) is 5.92 Å². The third-order valence-corrected chi connectivity index (χ3v) is 5.36. The Labute approximate surface area is 135 Å². The van der Waals surface area contributed by atoms with Crippen LogP contribution in [-0.4, -0.2) is 40.7 Å². The highest BCUT2D eigenvalue weighted by Gasteiger charge is 2.43. The van der Waals surface area contributed by atoms with Crippen molar-refractivity contribution in [1.82, 2.24) is 9.80 Å². The molecule has 0 radical (unpaired) electrons. The first-order valence-corrected chi connectivity index (χ1v) is 8.79. The van der Waals surface area contributed by atoms with Crippen molar-refractivity contribution in [2.45, 2.75) is 39.7 Å². The number of amides is 2. The average Bonchev–Trinajstić information content (AvgIpc) is 3.06. The predicted molar refractivity (Wildman–Crippen MR) is 88.2 cm³/mol. The molecule has 2 aliphatic heterocycles. The van der Waals surface area contributed by atoms with E-state index in [1.165, 1.54) is 16.2 Å². The van der Waals surface area contributed by atoms with E-state index in [2.05, 4.69) is 11.8 Å². The summed E-state index contributed by atoms with van der Waals surface area (Å²) in [6.45, 7) is 7.74. The number of thiophene rings is 1. The van der Waals surface area contributed by atoms with Crippen molar-refractivity contribution < 1.29 is 9.59 Å². The number of nitrogens with zero attached hydrogens (tertiary/aromatic N) is 2. The second kappa shape index (κ2) is 5.88. The standard InChI is InChI=1S/C17H22N2O2S/c1-11(2)19-16(20)14(13-5-4-10-22-13)15(17(19)21)18-8-6-12(3)7-9-18/h4-5,10-12H,6-9H2,1-3H3. The summed E-state index contributed by atoms with van der Waals surface area (Å²) in [4.78, 5) is 30.1. The van der Waals surface area contributed by atoms with Gasteiger partial charge in [0, 0.05) is 24.0 Å². The van der Waals surface area contributed by atoms with Crippen molar-refractivity contribution in [3.8, 4) is 0 Å². The Bertz CT molecular complexity index is 611. The lowest BCUT2D eigenvalue weighted by molar-refractivity contribution is -0.139. The van der Waals surface area contributed by atoms with Crippen molar-refractivity contribution >= 4 is 28.7 Å². The minimum atomic E-state index is -0.143. The summed E-state index contributed by atoms with van der Waals surface area (Å²) < 4.78 is 0. The van der Waals surface area contributed by atoms with E-state index in [4.69, 9.17) is 0 Å². The smallest absolute Gasteiger partial charge is 0.278 e. The highest BCUT2D eigenvalue weighted by molar-refractivity contribution is 7.11. The maximum absolute atomic E-state index is 12.9. The Kier molecular flexibility index (Phi) is 4.08. The van der Waals surface area contributed by atoms with Crippen LogP contribution in [0.5, 0.6) is 0 Å². The van der Waals surface area contributed by atoms with E-state index in [-0.39, 0.29) is 17.9 Å². The normalized spacial score (nSPS) is 20.7. The Morgan fingerprint density at radius 2 is 1.86 bits per heavy atom. The van der Waals surface area contributed by atoms with Crippen molar-refractivity contribution in [1.29, 1.82) is 0 Å². The number of likely N-dealkylation sites (tertiary alicyclic amines) is 1. The lowest BCUT2D eigenvalue weighted by atomic mass is 9.98. The molecule has 0 aliphatic carbocycles. The molecular formula is C17H22N2O2S. The van der Waals surface area contributed by atoms with Crippen LogP contribution in [0.15, 0.2) is 23.2 Å². The van der Waals surface area contributed by atoms with E-state index in [0.29, 0.717) is 17.2 Å². The summed E-state index contributed by atoms with van der Waals surface area (Å²) in [5, 5.41) is 1.95. The monoisotopic (exact) mass is 318 g/mol. The molecule has 22 heavy (non-hydrogen) atoms. The molecule has 1 aromatic rings. The summed E-state index contributed by atoms with van der Waals surface area (Å²) in [7, 11) is 0. The van der Waals surface area contributed by atoms with Crippen molar-refractivity contribution in [3.63, 3.8) is 0 Å². The summed E-state index contributed by atoms with van der Waals surface area (Å²) in [5.41, 5.74) is 1.22. The van der Waals surface area contributed by atoms with Gasteiger partial charge in [0.15, 0.2) is 0 Å². The molecule has 2 aliphatic rings. The van der Waals surface area contributed by atoms with E-state index >= 15 is 0 Å². The second-order valence-electron chi connectivity index (χ2n) is 6.44. The molecule has 1 aromatic heterocycles. The topological polar surface area (TPSA) is 40.6 Å². The average molecular weight is 318 g/mol. The van der Waals surface area contributed by atoms with Crippen LogP contribution in [0.4, 0.5) is 0 Å². The molecule has 5 heteroatoms. The molecular weight excluding hydrogens is 296 g/mol. The third kappa shape index (κ3) is 2.47. The van der Waals surface area contributed by atoms with Gasteiger partial charge in [0.25, 0.3) is 11.8 Å². The largest absolute Gasteiger partial charge is 0.366 e. The number of imide groups is 1. The zero-order valence-electron chi connectivity index (χ0n) is 13.3. The fourth-order valence-corrected chi connectivity index (χ4v) is 3.94. The van der Waals surface area contributed by atoms with Gasteiger partial charge in [-0.1, -0.05) is 13.0 Å². The summed E-state index contributed by atoms with van der Waals surface area (Å²) in [6.07, 6.45) is 2.15. The maximum atomic E-state index is 12.9. The highest BCUT2D eigenvalue weighted by Crippen LogP contribution is 2.36. The third-order valence-electron chi connectivity index (χ3n) is 4.47. The van der Waals surface area contributed by atoms with Crippen molar-refractivity contribution in [2.75, 3.05) is 13.1 Å². The Balaban J connectivity index is 2.03. The molecule has 0 unspecified atom stereocenters. The second-order valence-corrected chi connectivity index (χ2v) is 7.39. The van der Waals surface area contributed by atoms with Crippen LogP contribution in [-0.2, 0) is 9.59 Å². The van der Waals surface area contributed by atoms with Crippen molar-refractivity contribution in [3.05, 3.63) is 28.1 Å². The molecule has 4 nitrogen and oxygen atoms in total. The first kappa shape index (κ1) is 15.3. The summed E-state index contributed by atoms with van der Waals surface area (Å²) in [5.74, 6) is 0.421. The summed E-state index contributed by atoms with van der Waals surface area (Å²) >= 11 is 1.52. The van der Waals surface area contributed by atoms with E-state index in [0.717, 1.165) is 30.8 Å². The van der Waals surface area contributed by atoms with Gasteiger partial charge in [-0.15, -0.1) is 11.3 Å². The van der Waals surface area contributed by atoms with Gasteiger partial charge in [0.05, 0.1) is 5.57 Å². The zero-order valence-corrected chi connectivity index (χ0v) is 14.2. The number of carbonyl (C=O) groups is 2. The van der Waals surface area contributed by atoms with Gasteiger partial charge in [-0.05, 0) is 44.1 Å². The Morgan fingerprint density at radius 3 is 2.41 bits per heavy atom. The maximum Gasteiger partial charge on any atom is 0.278 e. The van der Waals surface area contributed by atoms with Crippen LogP contribution in [0.1, 0.15) is 38.5 Å². The van der Waals surface area contributed by atoms with Gasteiger partial charge in [-0.3, -0.25) is 14.5 Å². The molecule has 1 fully saturated rings. The van der Waals surface area contributed by atoms with Gasteiger partial charge >= 0.3 is 0 Å². The molecule has 3 rings (SSSR count). The van der Waals surface area contributed by atoms with Crippen LogP contribution < -0.4 is 0 Å². The van der Waals surface area contributed by atoms with E-state index < -0.39 is 0 Å². The van der Waals surface area contributed by atoms with E-state index in [1.54, 1.807) is 0 Å². The number of hydrogen-bond acceptors (Lipinski definition) is 4. The number of rotatable bonds is 3. The highest BCUT2D eigenvalue weighted by atomic mass is 32.1. The van der Waals surface area contributed by atoms with Crippen LogP contribution >= 0.6 is 11.3 Å². The predicted octanol–water partition coefficient (Wildman–Crippen LogP) is 2.97. The van der Waals surface area contributed by atoms with Gasteiger partial charge in [0.1, 0.15) is 5.70 Å². The molecule has 0 N–H and O–H groups in total. The van der Waals surface area contributed by atoms with Crippen LogP contribution in [0.3, 0.4) is 0 Å². The molecule has 0 atom stereocenters. The molecule has 0 aromatic carbocycles.